The van der Waals surface area contributed by atoms with E-state index in [2.05, 4.69) is 52.5 Å². The molecule has 0 aliphatic carbocycles. The largest absolute Gasteiger partial charge is 0.378 e. The number of benzene rings is 1. The van der Waals surface area contributed by atoms with E-state index in [0.717, 1.165) is 18.8 Å². The number of hydrogen-bond donors (Lipinski definition) is 1. The maximum Gasteiger partial charge on any atom is 0.107 e. The lowest BCUT2D eigenvalue weighted by Gasteiger charge is -2.23. The Labute approximate surface area is 130 Å². The first-order valence-corrected chi connectivity index (χ1v) is 8.11. The maximum absolute atomic E-state index is 6.05. The van der Waals surface area contributed by atoms with Gasteiger partial charge in [0.25, 0.3) is 0 Å². The van der Waals surface area contributed by atoms with Crippen LogP contribution in [0.4, 0.5) is 5.69 Å². The van der Waals surface area contributed by atoms with E-state index in [9.17, 15) is 0 Å². The average Bonchev–Trinajstić information content (AvgIpc) is 3.01. The molecule has 0 radical (unpaired) electrons. The quantitative estimate of drug-likeness (QED) is 0.943. The highest BCUT2D eigenvalue weighted by molar-refractivity contribution is 7.09. The average molecular weight is 302 g/mol. The Hall–Kier alpha value is -1.43. The summed E-state index contributed by atoms with van der Waals surface area (Å²) in [4.78, 5) is 9.15. The highest BCUT2D eigenvalue weighted by atomic mass is 32.1. The number of anilines is 1. The molecule has 2 heterocycles. The first-order valence-electron chi connectivity index (χ1n) is 7.23. The topological polar surface area (TPSA) is 45.4 Å². The van der Waals surface area contributed by atoms with Crippen LogP contribution in [0.3, 0.4) is 0 Å². The summed E-state index contributed by atoms with van der Waals surface area (Å²) in [5.41, 5.74) is 11.2. The molecule has 1 aliphatic rings. The molecule has 4 nitrogen and oxygen atoms in total. The van der Waals surface area contributed by atoms with Gasteiger partial charge >= 0.3 is 0 Å². The molecule has 0 saturated carbocycles. The zero-order chi connectivity index (χ0) is 15.0. The van der Waals surface area contributed by atoms with Gasteiger partial charge in [-0.25, -0.2) is 4.98 Å². The van der Waals surface area contributed by atoms with Gasteiger partial charge in [-0.2, -0.15) is 0 Å². The van der Waals surface area contributed by atoms with Crippen molar-refractivity contribution in [1.82, 2.24) is 9.88 Å². The van der Waals surface area contributed by atoms with Crippen LogP contribution in [-0.4, -0.2) is 30.5 Å². The minimum absolute atomic E-state index is 0.295. The summed E-state index contributed by atoms with van der Waals surface area (Å²) in [5, 5.41) is 3.28. The van der Waals surface area contributed by atoms with Crippen LogP contribution in [0.2, 0.25) is 0 Å². The van der Waals surface area contributed by atoms with E-state index in [-0.39, 0.29) is 0 Å². The third-order valence-corrected chi connectivity index (χ3v) is 5.00. The summed E-state index contributed by atoms with van der Waals surface area (Å²) in [6.45, 7) is 4.53. The monoisotopic (exact) mass is 302 g/mol. The van der Waals surface area contributed by atoms with Crippen molar-refractivity contribution in [3.05, 3.63) is 45.4 Å². The number of hydrogen-bond acceptors (Lipinski definition) is 5. The molecular formula is C16H22N4S. The first kappa shape index (κ1) is 14.5. The molecule has 0 amide bonds. The molecule has 1 aromatic heterocycles. The third kappa shape index (κ3) is 2.81. The molecule has 1 aromatic carbocycles. The smallest absolute Gasteiger partial charge is 0.107 e. The van der Waals surface area contributed by atoms with Crippen LogP contribution in [0.5, 0.6) is 0 Å². The Morgan fingerprint density at radius 2 is 2.24 bits per heavy atom. The fourth-order valence-electron chi connectivity index (χ4n) is 2.93. The van der Waals surface area contributed by atoms with Gasteiger partial charge in [-0.3, -0.25) is 4.90 Å². The Balaban J connectivity index is 1.85. The standard InChI is InChI=1S/C16H22N4S/c1-11-10-21-16(18-11)9-20-8-12-4-5-13(19(2)3)6-14(12)15(20)7-17/h4-6,10,15H,7-9,17H2,1-3H3. The van der Waals surface area contributed by atoms with E-state index in [1.165, 1.54) is 21.8 Å². The number of nitrogens with zero attached hydrogens (tertiary/aromatic N) is 3. The number of thiazole rings is 1. The summed E-state index contributed by atoms with van der Waals surface area (Å²) in [6, 6.07) is 6.99. The van der Waals surface area contributed by atoms with Crippen LogP contribution < -0.4 is 10.6 Å². The van der Waals surface area contributed by atoms with Gasteiger partial charge in [-0.1, -0.05) is 6.07 Å². The van der Waals surface area contributed by atoms with E-state index >= 15 is 0 Å². The molecule has 0 bridgehead atoms. The van der Waals surface area contributed by atoms with Crippen molar-refractivity contribution >= 4 is 17.0 Å². The van der Waals surface area contributed by atoms with Crippen LogP contribution in [0, 0.1) is 6.92 Å². The molecule has 0 fully saturated rings. The fourth-order valence-corrected chi connectivity index (χ4v) is 3.73. The predicted octanol–water partition coefficient (Wildman–Crippen LogP) is 2.53. The van der Waals surface area contributed by atoms with Gasteiger partial charge in [0.05, 0.1) is 6.54 Å². The van der Waals surface area contributed by atoms with Gasteiger partial charge < -0.3 is 10.6 Å². The normalized spacial score (nSPS) is 18.0. The van der Waals surface area contributed by atoms with Crippen LogP contribution >= 0.6 is 11.3 Å². The summed E-state index contributed by atoms with van der Waals surface area (Å²) >= 11 is 1.73. The minimum Gasteiger partial charge on any atom is -0.378 e. The van der Waals surface area contributed by atoms with Crippen molar-refractivity contribution in [2.45, 2.75) is 26.1 Å². The first-order chi connectivity index (χ1) is 10.1. The molecule has 2 aromatic rings. The van der Waals surface area contributed by atoms with Gasteiger partial charge in [0, 0.05) is 50.0 Å². The molecule has 21 heavy (non-hydrogen) atoms. The van der Waals surface area contributed by atoms with Crippen molar-refractivity contribution < 1.29 is 0 Å². The Bertz CT molecular complexity index is 635. The molecule has 0 spiro atoms. The van der Waals surface area contributed by atoms with Gasteiger partial charge in [0.1, 0.15) is 5.01 Å². The molecule has 112 valence electrons. The lowest BCUT2D eigenvalue weighted by atomic mass is 10.0. The minimum atomic E-state index is 0.295. The summed E-state index contributed by atoms with van der Waals surface area (Å²) in [6.07, 6.45) is 0. The number of aromatic nitrogens is 1. The second kappa shape index (κ2) is 5.75. The number of nitrogens with two attached hydrogens (primary N) is 1. The molecular weight excluding hydrogens is 280 g/mol. The zero-order valence-electron chi connectivity index (χ0n) is 12.8. The molecule has 0 saturated heterocycles. The van der Waals surface area contributed by atoms with Crippen molar-refractivity contribution in [2.75, 3.05) is 25.5 Å². The van der Waals surface area contributed by atoms with Gasteiger partial charge in [0.15, 0.2) is 0 Å². The Morgan fingerprint density at radius 1 is 1.43 bits per heavy atom. The summed E-state index contributed by atoms with van der Waals surface area (Å²) in [5.74, 6) is 0. The SMILES string of the molecule is Cc1csc(CN2Cc3ccc(N(C)C)cc3C2CN)n1. The van der Waals surface area contributed by atoms with Gasteiger partial charge in [-0.15, -0.1) is 11.3 Å². The van der Waals surface area contributed by atoms with Crippen LogP contribution in [0.25, 0.3) is 0 Å². The van der Waals surface area contributed by atoms with Crippen molar-refractivity contribution in [1.29, 1.82) is 0 Å². The van der Waals surface area contributed by atoms with Gasteiger partial charge in [0.2, 0.25) is 0 Å². The van der Waals surface area contributed by atoms with Crippen LogP contribution in [0.15, 0.2) is 23.6 Å². The third-order valence-electron chi connectivity index (χ3n) is 4.05. The van der Waals surface area contributed by atoms with E-state index in [1.54, 1.807) is 11.3 Å². The van der Waals surface area contributed by atoms with Crippen molar-refractivity contribution in [3.63, 3.8) is 0 Å². The van der Waals surface area contributed by atoms with E-state index in [0.29, 0.717) is 12.6 Å². The molecule has 3 rings (SSSR count). The molecule has 1 unspecified atom stereocenters. The molecule has 2 N–H and O–H groups in total. The van der Waals surface area contributed by atoms with Gasteiger partial charge in [-0.05, 0) is 30.2 Å². The van der Waals surface area contributed by atoms with E-state index < -0.39 is 0 Å². The summed E-state index contributed by atoms with van der Waals surface area (Å²) in [7, 11) is 4.15. The predicted molar refractivity (Wildman–Crippen MR) is 88.7 cm³/mol. The lowest BCUT2D eigenvalue weighted by molar-refractivity contribution is 0.210. The lowest BCUT2D eigenvalue weighted by Crippen LogP contribution is -2.27. The number of rotatable bonds is 4. The number of fused-ring (bicyclic) bond motifs is 1. The molecule has 5 heteroatoms. The van der Waals surface area contributed by atoms with Crippen LogP contribution in [0.1, 0.15) is 27.9 Å². The zero-order valence-corrected chi connectivity index (χ0v) is 13.7. The second-order valence-electron chi connectivity index (χ2n) is 5.82. The number of aryl methyl sites for hydroxylation is 1. The highest BCUT2D eigenvalue weighted by Gasteiger charge is 2.30. The van der Waals surface area contributed by atoms with E-state index in [1.807, 2.05) is 6.92 Å². The van der Waals surface area contributed by atoms with Crippen molar-refractivity contribution in [2.24, 2.45) is 5.73 Å². The molecule has 1 aliphatic heterocycles. The summed E-state index contributed by atoms with van der Waals surface area (Å²) < 4.78 is 0. The van der Waals surface area contributed by atoms with E-state index in [4.69, 9.17) is 5.73 Å². The highest BCUT2D eigenvalue weighted by Crippen LogP contribution is 2.36. The van der Waals surface area contributed by atoms with Crippen LogP contribution in [-0.2, 0) is 13.1 Å². The maximum atomic E-state index is 6.05. The Morgan fingerprint density at radius 3 is 2.86 bits per heavy atom. The second-order valence-corrected chi connectivity index (χ2v) is 6.76. The van der Waals surface area contributed by atoms with Crippen molar-refractivity contribution in [3.8, 4) is 0 Å². The molecule has 1 atom stereocenters. The Kier molecular flexibility index (Phi) is 3.97. The fraction of sp³-hybridized carbons (Fsp3) is 0.438.